The van der Waals surface area contributed by atoms with Gasteiger partial charge in [0.15, 0.2) is 0 Å². The summed E-state index contributed by atoms with van der Waals surface area (Å²) in [7, 11) is 0. The van der Waals surface area contributed by atoms with E-state index in [1.54, 1.807) is 12.1 Å². The topological polar surface area (TPSA) is 66.0 Å². The molecule has 1 fully saturated rings. The number of rotatable bonds is 2. The first kappa shape index (κ1) is 12.2. The van der Waals surface area contributed by atoms with Crippen molar-refractivity contribution in [2.75, 3.05) is 0 Å². The number of aromatic amines is 1. The molecule has 0 aliphatic heterocycles. The SMILES string of the molecule is CC1(c2nc3c(C(=O)O)cccc3[nH]2)CCCCC1. The molecule has 1 aromatic carbocycles. The van der Waals surface area contributed by atoms with Gasteiger partial charge in [0.05, 0.1) is 11.1 Å². The molecule has 19 heavy (non-hydrogen) atoms. The van der Waals surface area contributed by atoms with E-state index < -0.39 is 5.97 Å². The van der Waals surface area contributed by atoms with Crippen molar-refractivity contribution in [1.29, 1.82) is 0 Å². The Hall–Kier alpha value is -1.84. The molecule has 2 aromatic rings. The van der Waals surface area contributed by atoms with Crippen LogP contribution in [0.1, 0.15) is 55.2 Å². The number of nitrogens with one attached hydrogen (secondary N) is 1. The summed E-state index contributed by atoms with van der Waals surface area (Å²) in [4.78, 5) is 19.1. The van der Waals surface area contributed by atoms with Gasteiger partial charge in [0.2, 0.25) is 0 Å². The molecule has 2 N–H and O–H groups in total. The Morgan fingerprint density at radius 3 is 2.74 bits per heavy atom. The molecule has 4 nitrogen and oxygen atoms in total. The Balaban J connectivity index is 2.11. The van der Waals surface area contributed by atoms with Gasteiger partial charge < -0.3 is 10.1 Å². The highest BCUT2D eigenvalue weighted by Crippen LogP contribution is 2.38. The van der Waals surface area contributed by atoms with Crippen LogP contribution in [0.3, 0.4) is 0 Å². The lowest BCUT2D eigenvalue weighted by Crippen LogP contribution is -2.26. The van der Waals surface area contributed by atoms with E-state index in [1.165, 1.54) is 19.3 Å². The molecule has 4 heteroatoms. The predicted molar refractivity (Wildman–Crippen MR) is 73.5 cm³/mol. The minimum atomic E-state index is -0.919. The van der Waals surface area contributed by atoms with Crippen molar-refractivity contribution in [3.8, 4) is 0 Å². The molecule has 3 rings (SSSR count). The number of fused-ring (bicyclic) bond motifs is 1. The Labute approximate surface area is 111 Å². The number of aromatic nitrogens is 2. The van der Waals surface area contributed by atoms with Crippen molar-refractivity contribution >= 4 is 17.0 Å². The number of hydrogen-bond acceptors (Lipinski definition) is 2. The zero-order valence-electron chi connectivity index (χ0n) is 11.1. The second-order valence-corrected chi connectivity index (χ2v) is 5.71. The number of hydrogen-bond donors (Lipinski definition) is 2. The van der Waals surface area contributed by atoms with Crippen molar-refractivity contribution in [1.82, 2.24) is 9.97 Å². The maximum Gasteiger partial charge on any atom is 0.337 e. The van der Waals surface area contributed by atoms with Crippen molar-refractivity contribution in [2.24, 2.45) is 0 Å². The average molecular weight is 258 g/mol. The van der Waals surface area contributed by atoms with E-state index in [4.69, 9.17) is 0 Å². The minimum absolute atomic E-state index is 0.0625. The van der Waals surface area contributed by atoms with Crippen LogP contribution in [0.15, 0.2) is 18.2 Å². The lowest BCUT2D eigenvalue weighted by molar-refractivity contribution is 0.0699. The molecule has 0 spiro atoms. The van der Waals surface area contributed by atoms with E-state index >= 15 is 0 Å². The van der Waals surface area contributed by atoms with Crippen LogP contribution in [0.25, 0.3) is 11.0 Å². The fourth-order valence-electron chi connectivity index (χ4n) is 3.06. The first-order chi connectivity index (χ1) is 9.10. The summed E-state index contributed by atoms with van der Waals surface area (Å²) in [6, 6.07) is 5.26. The fourth-order valence-corrected chi connectivity index (χ4v) is 3.06. The van der Waals surface area contributed by atoms with Crippen molar-refractivity contribution < 1.29 is 9.90 Å². The highest BCUT2D eigenvalue weighted by molar-refractivity contribution is 6.00. The van der Waals surface area contributed by atoms with Crippen LogP contribution < -0.4 is 0 Å². The van der Waals surface area contributed by atoms with Crippen LogP contribution in [-0.4, -0.2) is 21.0 Å². The molecule has 0 radical (unpaired) electrons. The van der Waals surface area contributed by atoms with E-state index in [2.05, 4.69) is 16.9 Å². The number of benzene rings is 1. The van der Waals surface area contributed by atoms with Crippen LogP contribution in [0.4, 0.5) is 0 Å². The number of carboxylic acid groups (broad SMARTS) is 1. The third-order valence-electron chi connectivity index (χ3n) is 4.27. The zero-order valence-corrected chi connectivity index (χ0v) is 11.1. The molecule has 0 bridgehead atoms. The van der Waals surface area contributed by atoms with E-state index in [9.17, 15) is 9.90 Å². The first-order valence-electron chi connectivity index (χ1n) is 6.83. The Morgan fingerprint density at radius 1 is 1.32 bits per heavy atom. The van der Waals surface area contributed by atoms with Crippen molar-refractivity contribution in [3.05, 3.63) is 29.6 Å². The summed E-state index contributed by atoms with van der Waals surface area (Å²) in [5, 5.41) is 9.21. The third-order valence-corrected chi connectivity index (χ3v) is 4.27. The van der Waals surface area contributed by atoms with Gasteiger partial charge in [-0.2, -0.15) is 0 Å². The van der Waals surface area contributed by atoms with Crippen LogP contribution in [-0.2, 0) is 5.41 Å². The first-order valence-corrected chi connectivity index (χ1v) is 6.83. The summed E-state index contributed by atoms with van der Waals surface area (Å²) in [5.74, 6) is 0.0216. The standard InChI is InChI=1S/C15H18N2O2/c1-15(8-3-2-4-9-15)14-16-11-7-5-6-10(13(18)19)12(11)17-14/h5-7H,2-4,8-9H2,1H3,(H,16,17)(H,18,19). The highest BCUT2D eigenvalue weighted by atomic mass is 16.4. The number of imidazole rings is 1. The highest BCUT2D eigenvalue weighted by Gasteiger charge is 2.32. The lowest BCUT2D eigenvalue weighted by Gasteiger charge is -2.31. The Morgan fingerprint density at radius 2 is 2.05 bits per heavy atom. The van der Waals surface area contributed by atoms with Gasteiger partial charge in [0.25, 0.3) is 0 Å². The molecule has 1 aliphatic carbocycles. The van der Waals surface area contributed by atoms with Gasteiger partial charge in [-0.25, -0.2) is 9.78 Å². The molecule has 0 amide bonds. The van der Waals surface area contributed by atoms with E-state index in [0.717, 1.165) is 24.2 Å². The Bertz CT molecular complexity index is 624. The molecular weight excluding hydrogens is 240 g/mol. The van der Waals surface area contributed by atoms with Crippen molar-refractivity contribution in [3.63, 3.8) is 0 Å². The minimum Gasteiger partial charge on any atom is -0.478 e. The quantitative estimate of drug-likeness (QED) is 0.866. The zero-order chi connectivity index (χ0) is 13.5. The summed E-state index contributed by atoms with van der Waals surface area (Å²) < 4.78 is 0. The molecule has 1 saturated carbocycles. The number of carboxylic acids is 1. The summed E-state index contributed by atoms with van der Waals surface area (Å²) in [6.45, 7) is 2.23. The number of aromatic carboxylic acids is 1. The third kappa shape index (κ3) is 2.01. The van der Waals surface area contributed by atoms with E-state index in [1.807, 2.05) is 6.07 Å². The molecule has 1 aliphatic rings. The number of para-hydroxylation sites is 1. The van der Waals surface area contributed by atoms with Crippen LogP contribution in [0.2, 0.25) is 0 Å². The van der Waals surface area contributed by atoms with Gasteiger partial charge >= 0.3 is 5.97 Å². The number of carbonyl (C=O) groups is 1. The van der Waals surface area contributed by atoms with Gasteiger partial charge in [0, 0.05) is 5.41 Å². The van der Waals surface area contributed by atoms with Gasteiger partial charge in [-0.05, 0) is 25.0 Å². The normalized spacial score (nSPS) is 18.6. The van der Waals surface area contributed by atoms with Gasteiger partial charge in [-0.15, -0.1) is 0 Å². The largest absolute Gasteiger partial charge is 0.478 e. The summed E-state index contributed by atoms with van der Waals surface area (Å²) in [5.41, 5.74) is 1.74. The lowest BCUT2D eigenvalue weighted by atomic mass is 9.75. The fraction of sp³-hybridized carbons (Fsp3) is 0.467. The molecule has 100 valence electrons. The number of H-pyrrole nitrogens is 1. The molecule has 1 aromatic heterocycles. The monoisotopic (exact) mass is 258 g/mol. The second kappa shape index (κ2) is 4.37. The second-order valence-electron chi connectivity index (χ2n) is 5.71. The van der Waals surface area contributed by atoms with Crippen molar-refractivity contribution in [2.45, 2.75) is 44.4 Å². The van der Waals surface area contributed by atoms with E-state index in [0.29, 0.717) is 5.52 Å². The van der Waals surface area contributed by atoms with E-state index in [-0.39, 0.29) is 11.0 Å². The average Bonchev–Trinajstić information content (AvgIpc) is 2.83. The van der Waals surface area contributed by atoms with Gasteiger partial charge in [0.1, 0.15) is 11.3 Å². The summed E-state index contributed by atoms with van der Waals surface area (Å²) >= 11 is 0. The van der Waals surface area contributed by atoms with Crippen LogP contribution >= 0.6 is 0 Å². The van der Waals surface area contributed by atoms with Crippen LogP contribution in [0, 0.1) is 0 Å². The van der Waals surface area contributed by atoms with Gasteiger partial charge in [-0.1, -0.05) is 32.3 Å². The number of nitrogens with zero attached hydrogens (tertiary/aromatic N) is 1. The predicted octanol–water partition coefficient (Wildman–Crippen LogP) is 3.48. The molecular formula is C15H18N2O2. The maximum atomic E-state index is 11.2. The molecule has 1 heterocycles. The molecule has 0 saturated heterocycles. The van der Waals surface area contributed by atoms with Gasteiger partial charge in [-0.3, -0.25) is 0 Å². The maximum absolute atomic E-state index is 11.2. The van der Waals surface area contributed by atoms with Crippen LogP contribution in [0.5, 0.6) is 0 Å². The molecule has 0 atom stereocenters. The smallest absolute Gasteiger partial charge is 0.337 e. The molecule has 0 unspecified atom stereocenters. The Kier molecular flexibility index (Phi) is 2.81. The summed E-state index contributed by atoms with van der Waals surface area (Å²) in [6.07, 6.45) is 5.97.